The molecule has 1 amide bonds. The van der Waals surface area contributed by atoms with Crippen LogP contribution < -0.4 is 9.80 Å². The topological polar surface area (TPSA) is 65.7 Å². The lowest BCUT2D eigenvalue weighted by molar-refractivity contribution is 0.0745. The molecular weight excluding hydrogens is 318 g/mol. The number of furan rings is 1. The number of aromatic nitrogens is 2. The van der Waals surface area contributed by atoms with E-state index in [2.05, 4.69) is 20.9 Å². The molecule has 2 aliphatic rings. The molecule has 0 bridgehead atoms. The molecule has 2 saturated heterocycles. The molecule has 0 aliphatic carbocycles. The average molecular weight is 341 g/mol. The second-order valence-corrected chi connectivity index (χ2v) is 6.65. The minimum atomic E-state index is 0.0244. The maximum absolute atomic E-state index is 12.4. The lowest BCUT2D eigenvalue weighted by atomic mass is 10.2. The molecule has 7 nitrogen and oxygen atoms in total. The number of anilines is 2. The Bertz CT molecular complexity index is 732. The number of carbonyl (C=O) groups is 1. The summed E-state index contributed by atoms with van der Waals surface area (Å²) in [7, 11) is 0. The molecule has 25 heavy (non-hydrogen) atoms. The van der Waals surface area contributed by atoms with Crippen molar-refractivity contribution < 1.29 is 9.21 Å². The van der Waals surface area contributed by atoms with Crippen molar-refractivity contribution in [3.8, 4) is 0 Å². The van der Waals surface area contributed by atoms with Gasteiger partial charge in [0.1, 0.15) is 12.1 Å². The Morgan fingerprint density at radius 1 is 1.04 bits per heavy atom. The van der Waals surface area contributed by atoms with Crippen LogP contribution in [0.4, 0.5) is 11.8 Å². The number of amides is 1. The zero-order valence-corrected chi connectivity index (χ0v) is 14.5. The van der Waals surface area contributed by atoms with Crippen LogP contribution in [-0.2, 0) is 0 Å². The highest BCUT2D eigenvalue weighted by molar-refractivity contribution is 5.94. The van der Waals surface area contributed by atoms with Crippen LogP contribution >= 0.6 is 0 Å². The predicted octanol–water partition coefficient (Wildman–Crippen LogP) is 1.94. The number of rotatable bonds is 3. The normalized spacial score (nSPS) is 18.0. The Morgan fingerprint density at radius 3 is 2.48 bits per heavy atom. The molecule has 2 aromatic heterocycles. The van der Waals surface area contributed by atoms with E-state index in [1.54, 1.807) is 6.07 Å². The fourth-order valence-corrected chi connectivity index (χ4v) is 3.46. The van der Waals surface area contributed by atoms with Crippen LogP contribution in [0.25, 0.3) is 0 Å². The van der Waals surface area contributed by atoms with E-state index >= 15 is 0 Å². The second kappa shape index (κ2) is 6.74. The number of nitrogens with zero attached hydrogens (tertiary/aromatic N) is 5. The van der Waals surface area contributed by atoms with Crippen LogP contribution in [0.2, 0.25) is 0 Å². The van der Waals surface area contributed by atoms with E-state index in [1.807, 2.05) is 11.8 Å². The lowest BCUT2D eigenvalue weighted by Gasteiger charge is -2.35. The van der Waals surface area contributed by atoms with Crippen LogP contribution in [-0.4, -0.2) is 60.0 Å². The van der Waals surface area contributed by atoms with Gasteiger partial charge in [0.05, 0.1) is 11.8 Å². The molecule has 2 aliphatic heterocycles. The first-order chi connectivity index (χ1) is 12.2. The van der Waals surface area contributed by atoms with E-state index in [9.17, 15) is 4.79 Å². The lowest BCUT2D eigenvalue weighted by Crippen LogP contribution is -2.49. The van der Waals surface area contributed by atoms with Gasteiger partial charge in [-0.3, -0.25) is 4.79 Å². The summed E-state index contributed by atoms with van der Waals surface area (Å²) < 4.78 is 5.01. The van der Waals surface area contributed by atoms with Gasteiger partial charge in [-0.15, -0.1) is 0 Å². The first kappa shape index (κ1) is 15.9. The van der Waals surface area contributed by atoms with Crippen LogP contribution in [0.15, 0.2) is 29.1 Å². The van der Waals surface area contributed by atoms with Crippen molar-refractivity contribution in [2.75, 3.05) is 49.1 Å². The fraction of sp³-hybridized carbons (Fsp3) is 0.500. The van der Waals surface area contributed by atoms with E-state index in [-0.39, 0.29) is 5.91 Å². The SMILES string of the molecule is Cc1cc(N2CCCC2)nc(N2CCN(C(=O)c3ccoc3)CC2)n1. The Labute approximate surface area is 147 Å². The summed E-state index contributed by atoms with van der Waals surface area (Å²) in [5, 5.41) is 0. The van der Waals surface area contributed by atoms with Gasteiger partial charge in [-0.05, 0) is 25.8 Å². The summed E-state index contributed by atoms with van der Waals surface area (Å²) in [6, 6.07) is 3.77. The molecule has 0 radical (unpaired) electrons. The maximum atomic E-state index is 12.4. The molecule has 132 valence electrons. The fourth-order valence-electron chi connectivity index (χ4n) is 3.46. The Hall–Kier alpha value is -2.57. The Morgan fingerprint density at radius 2 is 1.80 bits per heavy atom. The molecule has 0 saturated carbocycles. The highest BCUT2D eigenvalue weighted by atomic mass is 16.3. The Balaban J connectivity index is 1.44. The molecule has 7 heteroatoms. The third-order valence-electron chi connectivity index (χ3n) is 4.88. The van der Waals surface area contributed by atoms with Crippen molar-refractivity contribution in [3.05, 3.63) is 35.9 Å². The van der Waals surface area contributed by atoms with E-state index in [1.165, 1.54) is 25.4 Å². The Kier molecular flexibility index (Phi) is 4.29. The highest BCUT2D eigenvalue weighted by Gasteiger charge is 2.25. The molecule has 4 heterocycles. The van der Waals surface area contributed by atoms with Crippen molar-refractivity contribution in [2.45, 2.75) is 19.8 Å². The minimum absolute atomic E-state index is 0.0244. The van der Waals surface area contributed by atoms with Gasteiger partial charge in [0.25, 0.3) is 5.91 Å². The monoisotopic (exact) mass is 341 g/mol. The first-order valence-electron chi connectivity index (χ1n) is 8.88. The van der Waals surface area contributed by atoms with Crippen LogP contribution in [0.5, 0.6) is 0 Å². The second-order valence-electron chi connectivity index (χ2n) is 6.65. The van der Waals surface area contributed by atoms with Crippen LogP contribution in [0.3, 0.4) is 0 Å². The van der Waals surface area contributed by atoms with E-state index in [0.29, 0.717) is 18.7 Å². The van der Waals surface area contributed by atoms with Gasteiger partial charge in [0.15, 0.2) is 0 Å². The van der Waals surface area contributed by atoms with Crippen molar-refractivity contribution >= 4 is 17.7 Å². The van der Waals surface area contributed by atoms with Gasteiger partial charge in [0.2, 0.25) is 5.95 Å². The molecular formula is C18H23N5O2. The minimum Gasteiger partial charge on any atom is -0.472 e. The maximum Gasteiger partial charge on any atom is 0.257 e. The van der Waals surface area contributed by atoms with Crippen LogP contribution in [0.1, 0.15) is 28.9 Å². The molecule has 0 aromatic carbocycles. The van der Waals surface area contributed by atoms with E-state index < -0.39 is 0 Å². The van der Waals surface area contributed by atoms with Gasteiger partial charge in [0, 0.05) is 51.0 Å². The summed E-state index contributed by atoms with van der Waals surface area (Å²) >= 11 is 0. The molecule has 0 atom stereocenters. The number of hydrogen-bond donors (Lipinski definition) is 0. The average Bonchev–Trinajstić information content (AvgIpc) is 3.34. The number of hydrogen-bond acceptors (Lipinski definition) is 6. The standard InChI is InChI=1S/C18H23N5O2/c1-14-12-16(21-5-2-3-6-21)20-18(19-14)23-9-7-22(8-10-23)17(24)15-4-11-25-13-15/h4,11-13H,2-3,5-10H2,1H3. The van der Waals surface area contributed by atoms with E-state index in [4.69, 9.17) is 9.40 Å². The zero-order valence-electron chi connectivity index (χ0n) is 14.5. The molecule has 2 aromatic rings. The first-order valence-corrected chi connectivity index (χ1v) is 8.88. The molecule has 0 N–H and O–H groups in total. The molecule has 4 rings (SSSR count). The summed E-state index contributed by atoms with van der Waals surface area (Å²) in [4.78, 5) is 28.2. The van der Waals surface area contributed by atoms with Crippen molar-refractivity contribution in [2.24, 2.45) is 0 Å². The van der Waals surface area contributed by atoms with Gasteiger partial charge in [-0.25, -0.2) is 4.98 Å². The summed E-state index contributed by atoms with van der Waals surface area (Å²) in [6.07, 6.45) is 5.49. The largest absolute Gasteiger partial charge is 0.472 e. The molecule has 2 fully saturated rings. The molecule has 0 spiro atoms. The summed E-state index contributed by atoms with van der Waals surface area (Å²) in [6.45, 7) is 6.98. The number of aryl methyl sites for hydroxylation is 1. The predicted molar refractivity (Wildman–Crippen MR) is 95.0 cm³/mol. The van der Waals surface area contributed by atoms with Crippen LogP contribution in [0, 0.1) is 6.92 Å². The third-order valence-corrected chi connectivity index (χ3v) is 4.88. The van der Waals surface area contributed by atoms with Crippen molar-refractivity contribution in [1.82, 2.24) is 14.9 Å². The number of piperazine rings is 1. The zero-order chi connectivity index (χ0) is 17.2. The third kappa shape index (κ3) is 3.31. The van der Waals surface area contributed by atoms with Gasteiger partial charge < -0.3 is 19.1 Å². The highest BCUT2D eigenvalue weighted by Crippen LogP contribution is 2.22. The summed E-state index contributed by atoms with van der Waals surface area (Å²) in [5.41, 5.74) is 1.60. The van der Waals surface area contributed by atoms with Gasteiger partial charge in [-0.1, -0.05) is 0 Å². The smallest absolute Gasteiger partial charge is 0.257 e. The quantitative estimate of drug-likeness (QED) is 0.850. The van der Waals surface area contributed by atoms with Crippen molar-refractivity contribution in [1.29, 1.82) is 0 Å². The van der Waals surface area contributed by atoms with Gasteiger partial charge >= 0.3 is 0 Å². The van der Waals surface area contributed by atoms with Gasteiger partial charge in [-0.2, -0.15) is 4.98 Å². The van der Waals surface area contributed by atoms with E-state index in [0.717, 1.165) is 43.6 Å². The number of carbonyl (C=O) groups excluding carboxylic acids is 1. The van der Waals surface area contributed by atoms with Crippen molar-refractivity contribution in [3.63, 3.8) is 0 Å². The summed E-state index contributed by atoms with van der Waals surface area (Å²) in [5.74, 6) is 1.82. The molecule has 0 unspecified atom stereocenters.